The molecular formula is C16H21ClN2O3. The van der Waals surface area contributed by atoms with Gasteiger partial charge in [0.15, 0.2) is 0 Å². The molecule has 1 saturated heterocycles. The third kappa shape index (κ3) is 4.21. The Morgan fingerprint density at radius 2 is 1.86 bits per heavy atom. The number of likely N-dealkylation sites (tertiary alicyclic amines) is 1. The number of likely N-dealkylation sites (N-methyl/N-ethyl adjacent to an activating group) is 1. The van der Waals surface area contributed by atoms with Crippen LogP contribution in [-0.4, -0.2) is 59.0 Å². The van der Waals surface area contributed by atoms with Crippen LogP contribution >= 0.6 is 11.6 Å². The Balaban J connectivity index is 1.92. The normalized spacial score (nSPS) is 16.0. The molecule has 0 bridgehead atoms. The molecule has 0 aromatic heterocycles. The number of rotatable bonds is 5. The third-order valence-corrected chi connectivity index (χ3v) is 4.36. The Bertz CT molecular complexity index is 525. The molecule has 2 rings (SSSR count). The first-order chi connectivity index (χ1) is 10.5. The van der Waals surface area contributed by atoms with Crippen LogP contribution in [0.4, 0.5) is 0 Å². The van der Waals surface area contributed by atoms with Gasteiger partial charge in [-0.25, -0.2) is 0 Å². The van der Waals surface area contributed by atoms with Gasteiger partial charge in [0.2, 0.25) is 0 Å². The van der Waals surface area contributed by atoms with Gasteiger partial charge in [-0.15, -0.1) is 0 Å². The van der Waals surface area contributed by atoms with E-state index in [0.29, 0.717) is 30.2 Å². The molecule has 1 aromatic rings. The molecule has 22 heavy (non-hydrogen) atoms. The quantitative estimate of drug-likeness (QED) is 0.903. The van der Waals surface area contributed by atoms with E-state index in [1.165, 1.54) is 0 Å². The Kier molecular flexibility index (Phi) is 5.80. The fraction of sp³-hybridized carbons (Fsp3) is 0.500. The monoisotopic (exact) mass is 324 g/mol. The number of aliphatic carboxylic acids is 1. The minimum absolute atomic E-state index is 0.0106. The minimum atomic E-state index is -0.804. The van der Waals surface area contributed by atoms with Crippen molar-refractivity contribution in [2.24, 2.45) is 0 Å². The van der Waals surface area contributed by atoms with Gasteiger partial charge in [0.25, 0.3) is 5.91 Å². The molecule has 1 N–H and O–H groups in total. The molecule has 5 nitrogen and oxygen atoms in total. The number of benzene rings is 1. The Hall–Kier alpha value is -1.59. The fourth-order valence-corrected chi connectivity index (χ4v) is 3.01. The van der Waals surface area contributed by atoms with Gasteiger partial charge in [-0.05, 0) is 43.7 Å². The minimum Gasteiger partial charge on any atom is -0.480 e. The van der Waals surface area contributed by atoms with E-state index in [1.54, 1.807) is 24.3 Å². The molecule has 0 radical (unpaired) electrons. The van der Waals surface area contributed by atoms with Crippen LogP contribution in [0.25, 0.3) is 0 Å². The molecule has 120 valence electrons. The van der Waals surface area contributed by atoms with Crippen molar-refractivity contribution in [3.63, 3.8) is 0 Å². The lowest BCUT2D eigenvalue weighted by atomic mass is 10.0. The maximum absolute atomic E-state index is 12.4. The summed E-state index contributed by atoms with van der Waals surface area (Å²) < 4.78 is 0. The first-order valence-electron chi connectivity index (χ1n) is 7.52. The zero-order valence-corrected chi connectivity index (χ0v) is 13.4. The molecule has 0 unspecified atom stereocenters. The largest absolute Gasteiger partial charge is 0.480 e. The number of carboxylic acids is 1. The fourth-order valence-electron chi connectivity index (χ4n) is 2.88. The summed E-state index contributed by atoms with van der Waals surface area (Å²) in [7, 11) is 0. The van der Waals surface area contributed by atoms with E-state index < -0.39 is 5.97 Å². The Labute approximate surface area is 135 Å². The first-order valence-corrected chi connectivity index (χ1v) is 7.89. The topological polar surface area (TPSA) is 60.9 Å². The molecule has 1 aromatic carbocycles. The highest BCUT2D eigenvalue weighted by molar-refractivity contribution is 6.30. The summed E-state index contributed by atoms with van der Waals surface area (Å²) in [5.41, 5.74) is 0.640. The Morgan fingerprint density at radius 1 is 1.27 bits per heavy atom. The number of carbonyl (C=O) groups is 2. The standard InChI is InChI=1S/C16H21ClN2O3/c1-2-18(11-15(20)21)14-7-9-19(10-8-14)16(22)12-3-5-13(17)6-4-12/h3-6,14H,2,7-11H2,1H3,(H,20,21). The molecule has 0 aliphatic carbocycles. The van der Waals surface area contributed by atoms with E-state index in [-0.39, 0.29) is 18.5 Å². The van der Waals surface area contributed by atoms with Crippen molar-refractivity contribution >= 4 is 23.5 Å². The van der Waals surface area contributed by atoms with Crippen LogP contribution in [0.5, 0.6) is 0 Å². The molecule has 1 heterocycles. The highest BCUT2D eigenvalue weighted by atomic mass is 35.5. The molecule has 1 fully saturated rings. The number of hydrogen-bond donors (Lipinski definition) is 1. The summed E-state index contributed by atoms with van der Waals surface area (Å²) >= 11 is 5.84. The van der Waals surface area contributed by atoms with Crippen LogP contribution in [0.3, 0.4) is 0 Å². The molecule has 0 atom stereocenters. The smallest absolute Gasteiger partial charge is 0.317 e. The van der Waals surface area contributed by atoms with E-state index in [9.17, 15) is 9.59 Å². The lowest BCUT2D eigenvalue weighted by Gasteiger charge is -2.37. The van der Waals surface area contributed by atoms with Crippen LogP contribution in [-0.2, 0) is 4.79 Å². The summed E-state index contributed by atoms with van der Waals surface area (Å²) in [6.45, 7) is 4.05. The highest BCUT2D eigenvalue weighted by Gasteiger charge is 2.27. The number of carboxylic acid groups (broad SMARTS) is 1. The maximum Gasteiger partial charge on any atom is 0.317 e. The second-order valence-electron chi connectivity index (χ2n) is 5.49. The van der Waals surface area contributed by atoms with E-state index in [0.717, 1.165) is 12.8 Å². The predicted octanol–water partition coefficient (Wildman–Crippen LogP) is 2.35. The number of nitrogens with zero attached hydrogens (tertiary/aromatic N) is 2. The average molecular weight is 325 g/mol. The second kappa shape index (κ2) is 7.61. The molecule has 6 heteroatoms. The van der Waals surface area contributed by atoms with Crippen LogP contribution in [0.2, 0.25) is 5.02 Å². The predicted molar refractivity (Wildman–Crippen MR) is 85.3 cm³/mol. The van der Waals surface area contributed by atoms with E-state index in [1.807, 2.05) is 16.7 Å². The number of amides is 1. The van der Waals surface area contributed by atoms with Crippen molar-refractivity contribution in [2.75, 3.05) is 26.2 Å². The maximum atomic E-state index is 12.4. The van der Waals surface area contributed by atoms with Crippen molar-refractivity contribution in [2.45, 2.75) is 25.8 Å². The average Bonchev–Trinajstić information content (AvgIpc) is 2.52. The lowest BCUT2D eigenvalue weighted by molar-refractivity contribution is -0.139. The van der Waals surface area contributed by atoms with E-state index in [2.05, 4.69) is 0 Å². The first kappa shape index (κ1) is 16.8. The van der Waals surface area contributed by atoms with Crippen LogP contribution in [0.15, 0.2) is 24.3 Å². The van der Waals surface area contributed by atoms with Gasteiger partial charge in [-0.3, -0.25) is 14.5 Å². The molecule has 1 aliphatic rings. The zero-order chi connectivity index (χ0) is 16.1. The van der Waals surface area contributed by atoms with Crippen LogP contribution < -0.4 is 0 Å². The van der Waals surface area contributed by atoms with E-state index in [4.69, 9.17) is 16.7 Å². The molecule has 0 spiro atoms. The second-order valence-corrected chi connectivity index (χ2v) is 5.92. The SMILES string of the molecule is CCN(CC(=O)O)C1CCN(C(=O)c2ccc(Cl)cc2)CC1. The van der Waals surface area contributed by atoms with Gasteiger partial charge in [-0.2, -0.15) is 0 Å². The summed E-state index contributed by atoms with van der Waals surface area (Å²) in [5, 5.41) is 9.55. The molecular weight excluding hydrogens is 304 g/mol. The summed E-state index contributed by atoms with van der Waals surface area (Å²) in [4.78, 5) is 27.1. The number of halogens is 1. The molecule has 0 saturated carbocycles. The molecule has 1 aliphatic heterocycles. The molecule has 1 amide bonds. The van der Waals surface area contributed by atoms with Crippen molar-refractivity contribution in [3.8, 4) is 0 Å². The van der Waals surface area contributed by atoms with Gasteiger partial charge in [0.1, 0.15) is 0 Å². The van der Waals surface area contributed by atoms with Gasteiger partial charge in [-0.1, -0.05) is 18.5 Å². The van der Waals surface area contributed by atoms with Crippen LogP contribution in [0.1, 0.15) is 30.1 Å². The zero-order valence-electron chi connectivity index (χ0n) is 12.7. The van der Waals surface area contributed by atoms with Crippen molar-refractivity contribution < 1.29 is 14.7 Å². The van der Waals surface area contributed by atoms with Gasteiger partial charge in [0, 0.05) is 29.7 Å². The van der Waals surface area contributed by atoms with Gasteiger partial charge in [0.05, 0.1) is 6.54 Å². The van der Waals surface area contributed by atoms with Crippen LogP contribution in [0, 0.1) is 0 Å². The third-order valence-electron chi connectivity index (χ3n) is 4.10. The van der Waals surface area contributed by atoms with Gasteiger partial charge >= 0.3 is 5.97 Å². The highest BCUT2D eigenvalue weighted by Crippen LogP contribution is 2.19. The Morgan fingerprint density at radius 3 is 2.36 bits per heavy atom. The summed E-state index contributed by atoms with van der Waals surface area (Å²) in [6, 6.07) is 7.13. The summed E-state index contributed by atoms with van der Waals surface area (Å²) in [6.07, 6.45) is 1.61. The van der Waals surface area contributed by atoms with Crippen molar-refractivity contribution in [1.29, 1.82) is 0 Å². The summed E-state index contributed by atoms with van der Waals surface area (Å²) in [5.74, 6) is -0.794. The van der Waals surface area contributed by atoms with Gasteiger partial charge < -0.3 is 10.0 Å². The number of piperidine rings is 1. The number of carbonyl (C=O) groups excluding carboxylic acids is 1. The van der Waals surface area contributed by atoms with Crippen molar-refractivity contribution in [1.82, 2.24) is 9.80 Å². The lowest BCUT2D eigenvalue weighted by Crippen LogP contribution is -2.48. The number of hydrogen-bond acceptors (Lipinski definition) is 3. The van der Waals surface area contributed by atoms with E-state index >= 15 is 0 Å². The van der Waals surface area contributed by atoms with Crippen molar-refractivity contribution in [3.05, 3.63) is 34.9 Å².